The SMILES string of the molecule is COc1ccc([N+](=O)[O-])cc1CNCCCS(C)(=O)=O. The Morgan fingerprint density at radius 2 is 2.10 bits per heavy atom. The second-order valence-corrected chi connectivity index (χ2v) is 6.67. The van der Waals surface area contributed by atoms with Gasteiger partial charge in [-0.15, -0.1) is 0 Å². The van der Waals surface area contributed by atoms with Crippen LogP contribution in [0.3, 0.4) is 0 Å². The molecule has 0 aliphatic rings. The molecule has 0 saturated carbocycles. The van der Waals surface area contributed by atoms with E-state index in [1.165, 1.54) is 25.5 Å². The number of nitrogens with one attached hydrogen (secondary N) is 1. The molecule has 112 valence electrons. The Labute approximate surface area is 118 Å². The van der Waals surface area contributed by atoms with Gasteiger partial charge in [0.2, 0.25) is 0 Å². The quantitative estimate of drug-likeness (QED) is 0.439. The van der Waals surface area contributed by atoms with Crippen LogP contribution in [0, 0.1) is 10.1 Å². The van der Waals surface area contributed by atoms with Crippen molar-refractivity contribution in [2.75, 3.05) is 25.7 Å². The molecule has 0 aliphatic carbocycles. The molecule has 1 aromatic carbocycles. The predicted molar refractivity (Wildman–Crippen MR) is 75.7 cm³/mol. The van der Waals surface area contributed by atoms with E-state index in [0.29, 0.717) is 30.8 Å². The number of nitro benzene ring substituents is 1. The van der Waals surface area contributed by atoms with Crippen LogP contribution in [0.4, 0.5) is 5.69 Å². The smallest absolute Gasteiger partial charge is 0.270 e. The molecule has 0 unspecified atom stereocenters. The summed E-state index contributed by atoms with van der Waals surface area (Å²) in [6.07, 6.45) is 1.69. The minimum absolute atomic E-state index is 0.00117. The summed E-state index contributed by atoms with van der Waals surface area (Å²) >= 11 is 0. The van der Waals surface area contributed by atoms with Crippen molar-refractivity contribution in [1.29, 1.82) is 0 Å². The van der Waals surface area contributed by atoms with Crippen LogP contribution in [0.15, 0.2) is 18.2 Å². The summed E-state index contributed by atoms with van der Waals surface area (Å²) in [4.78, 5) is 10.3. The van der Waals surface area contributed by atoms with Crippen LogP contribution in [-0.2, 0) is 16.4 Å². The summed E-state index contributed by atoms with van der Waals surface area (Å²) in [5.74, 6) is 0.678. The minimum Gasteiger partial charge on any atom is -0.496 e. The van der Waals surface area contributed by atoms with E-state index in [9.17, 15) is 18.5 Å². The van der Waals surface area contributed by atoms with Crippen LogP contribution in [-0.4, -0.2) is 39.0 Å². The van der Waals surface area contributed by atoms with E-state index >= 15 is 0 Å². The number of sulfone groups is 1. The Hall–Kier alpha value is -1.67. The lowest BCUT2D eigenvalue weighted by Gasteiger charge is -2.09. The highest BCUT2D eigenvalue weighted by Crippen LogP contribution is 2.23. The Bertz CT molecular complexity index is 571. The summed E-state index contributed by atoms with van der Waals surface area (Å²) < 4.78 is 27.1. The summed E-state index contributed by atoms with van der Waals surface area (Å²) in [6.45, 7) is 0.896. The lowest BCUT2D eigenvalue weighted by atomic mass is 10.1. The number of benzene rings is 1. The van der Waals surface area contributed by atoms with Gasteiger partial charge in [0.25, 0.3) is 5.69 Å². The van der Waals surface area contributed by atoms with Crippen LogP contribution >= 0.6 is 0 Å². The number of rotatable bonds is 8. The van der Waals surface area contributed by atoms with E-state index in [-0.39, 0.29) is 11.4 Å². The first kappa shape index (κ1) is 16.4. The van der Waals surface area contributed by atoms with Gasteiger partial charge in [-0.05, 0) is 19.0 Å². The zero-order valence-corrected chi connectivity index (χ0v) is 12.3. The molecule has 1 aromatic rings. The van der Waals surface area contributed by atoms with Crippen molar-refractivity contribution < 1.29 is 18.1 Å². The Morgan fingerprint density at radius 1 is 1.40 bits per heavy atom. The van der Waals surface area contributed by atoms with Crippen LogP contribution in [0.25, 0.3) is 0 Å². The number of hydrogen-bond acceptors (Lipinski definition) is 6. The molecule has 1 rings (SSSR count). The molecule has 0 spiro atoms. The Morgan fingerprint density at radius 3 is 2.65 bits per heavy atom. The fraction of sp³-hybridized carbons (Fsp3) is 0.500. The zero-order chi connectivity index (χ0) is 15.2. The molecule has 1 N–H and O–H groups in total. The predicted octanol–water partition coefficient (Wildman–Crippen LogP) is 1.13. The zero-order valence-electron chi connectivity index (χ0n) is 11.5. The number of nitro groups is 1. The molecule has 8 heteroatoms. The molecule has 0 saturated heterocycles. The number of methoxy groups -OCH3 is 1. The first-order chi connectivity index (χ1) is 9.33. The first-order valence-electron chi connectivity index (χ1n) is 6.03. The van der Waals surface area contributed by atoms with E-state index in [0.717, 1.165) is 0 Å². The van der Waals surface area contributed by atoms with E-state index < -0.39 is 14.8 Å². The fourth-order valence-corrected chi connectivity index (χ4v) is 2.37. The molecular formula is C12H18N2O5S. The Balaban J connectivity index is 2.58. The van der Waals surface area contributed by atoms with Crippen molar-refractivity contribution in [2.24, 2.45) is 0 Å². The van der Waals surface area contributed by atoms with Crippen molar-refractivity contribution in [3.63, 3.8) is 0 Å². The monoisotopic (exact) mass is 302 g/mol. The summed E-state index contributed by atoms with van der Waals surface area (Å²) in [5, 5.41) is 13.8. The molecule has 0 aliphatic heterocycles. The van der Waals surface area contributed by atoms with Gasteiger partial charge in [0.1, 0.15) is 15.6 Å². The van der Waals surface area contributed by atoms with Gasteiger partial charge in [0.05, 0.1) is 17.8 Å². The van der Waals surface area contributed by atoms with Gasteiger partial charge in [-0.25, -0.2) is 8.42 Å². The molecule has 0 atom stereocenters. The molecule has 0 bridgehead atoms. The number of nitrogens with zero attached hydrogens (tertiary/aromatic N) is 1. The third-order valence-electron chi connectivity index (χ3n) is 2.66. The maximum absolute atomic E-state index is 11.0. The number of hydrogen-bond donors (Lipinski definition) is 1. The summed E-state index contributed by atoms with van der Waals surface area (Å²) in [7, 11) is -1.46. The highest BCUT2D eigenvalue weighted by atomic mass is 32.2. The molecule has 0 aromatic heterocycles. The number of non-ortho nitro benzene ring substituents is 1. The normalized spacial score (nSPS) is 11.3. The molecule has 0 fully saturated rings. The maximum atomic E-state index is 11.0. The topological polar surface area (TPSA) is 98.5 Å². The van der Waals surface area contributed by atoms with E-state index in [1.54, 1.807) is 6.07 Å². The average molecular weight is 302 g/mol. The summed E-state index contributed by atoms with van der Waals surface area (Å²) in [6, 6.07) is 4.38. The minimum atomic E-state index is -2.95. The third kappa shape index (κ3) is 5.54. The van der Waals surface area contributed by atoms with Gasteiger partial charge >= 0.3 is 0 Å². The maximum Gasteiger partial charge on any atom is 0.270 e. The van der Waals surface area contributed by atoms with Crippen LogP contribution < -0.4 is 10.1 Å². The standard InChI is InChI=1S/C12H18N2O5S/c1-19-12-5-4-11(14(15)16)8-10(12)9-13-6-3-7-20(2,17)18/h4-5,8,13H,3,6-7,9H2,1-2H3. The van der Waals surface area contributed by atoms with Crippen molar-refractivity contribution >= 4 is 15.5 Å². The van der Waals surface area contributed by atoms with Crippen LogP contribution in [0.5, 0.6) is 5.75 Å². The van der Waals surface area contributed by atoms with Gasteiger partial charge in [-0.1, -0.05) is 0 Å². The van der Waals surface area contributed by atoms with Gasteiger partial charge in [0, 0.05) is 30.5 Å². The molecule has 20 heavy (non-hydrogen) atoms. The number of ether oxygens (including phenoxy) is 1. The largest absolute Gasteiger partial charge is 0.496 e. The highest BCUT2D eigenvalue weighted by molar-refractivity contribution is 7.90. The van der Waals surface area contributed by atoms with E-state index in [2.05, 4.69) is 5.32 Å². The molecule has 0 amide bonds. The third-order valence-corrected chi connectivity index (χ3v) is 3.69. The van der Waals surface area contributed by atoms with Gasteiger partial charge < -0.3 is 10.1 Å². The van der Waals surface area contributed by atoms with Crippen molar-refractivity contribution in [3.05, 3.63) is 33.9 Å². The van der Waals surface area contributed by atoms with Crippen molar-refractivity contribution in [2.45, 2.75) is 13.0 Å². The lowest BCUT2D eigenvalue weighted by Crippen LogP contribution is -2.18. The first-order valence-corrected chi connectivity index (χ1v) is 8.09. The second kappa shape index (κ2) is 7.20. The molecule has 7 nitrogen and oxygen atoms in total. The van der Waals surface area contributed by atoms with Crippen molar-refractivity contribution in [3.8, 4) is 5.75 Å². The van der Waals surface area contributed by atoms with Crippen molar-refractivity contribution in [1.82, 2.24) is 5.32 Å². The van der Waals surface area contributed by atoms with Gasteiger partial charge in [-0.2, -0.15) is 0 Å². The Kier molecular flexibility index (Phi) is 5.90. The average Bonchev–Trinajstić information content (AvgIpc) is 2.36. The van der Waals surface area contributed by atoms with E-state index in [1.807, 2.05) is 0 Å². The van der Waals surface area contributed by atoms with Gasteiger partial charge in [-0.3, -0.25) is 10.1 Å². The highest BCUT2D eigenvalue weighted by Gasteiger charge is 2.11. The van der Waals surface area contributed by atoms with Crippen LogP contribution in [0.2, 0.25) is 0 Å². The molecule has 0 radical (unpaired) electrons. The van der Waals surface area contributed by atoms with Crippen LogP contribution in [0.1, 0.15) is 12.0 Å². The summed E-state index contributed by atoms with van der Waals surface area (Å²) in [5.41, 5.74) is 0.666. The molecule has 0 heterocycles. The fourth-order valence-electron chi connectivity index (χ4n) is 1.70. The van der Waals surface area contributed by atoms with E-state index in [4.69, 9.17) is 4.74 Å². The lowest BCUT2D eigenvalue weighted by molar-refractivity contribution is -0.384. The van der Waals surface area contributed by atoms with Gasteiger partial charge in [0.15, 0.2) is 0 Å². The second-order valence-electron chi connectivity index (χ2n) is 4.41. The molecular weight excluding hydrogens is 284 g/mol.